The highest BCUT2D eigenvalue weighted by Gasteiger charge is 1.90. The Balaban J connectivity index is 2.49. The van der Waals surface area contributed by atoms with Gasteiger partial charge in [0.1, 0.15) is 12.4 Å². The van der Waals surface area contributed by atoms with Crippen molar-refractivity contribution in [2.45, 2.75) is 6.92 Å². The van der Waals surface area contributed by atoms with E-state index in [1.54, 1.807) is 0 Å². The Morgan fingerprint density at radius 1 is 1.42 bits per heavy atom. The summed E-state index contributed by atoms with van der Waals surface area (Å²) in [5.74, 6) is 0.882. The molecule has 1 nitrogen and oxygen atoms in total. The number of hydrogen-bond acceptors (Lipinski definition) is 1. The van der Waals surface area contributed by atoms with E-state index in [1.807, 2.05) is 37.3 Å². The summed E-state index contributed by atoms with van der Waals surface area (Å²) in [6, 6.07) is 9.71. The maximum absolute atomic E-state index is 5.42. The van der Waals surface area contributed by atoms with Gasteiger partial charge in [0.05, 0.1) is 0 Å². The second-order valence-electron chi connectivity index (χ2n) is 2.56. The molecule has 0 N–H and O–H groups in total. The molecule has 1 aromatic carbocycles. The Morgan fingerprint density at radius 2 is 2.08 bits per heavy atom. The van der Waals surface area contributed by atoms with E-state index in [-0.39, 0.29) is 0 Å². The van der Waals surface area contributed by atoms with Crippen LogP contribution >= 0.6 is 0 Å². The fraction of sp³-hybridized carbons (Fsp3) is 0.182. The molecule has 0 aliphatic heterocycles. The third-order valence-electron chi connectivity index (χ3n) is 1.50. The Bertz CT molecular complexity index is 281. The lowest BCUT2D eigenvalue weighted by atomic mass is 10.3. The third-order valence-corrected chi connectivity index (χ3v) is 1.50. The van der Waals surface area contributed by atoms with Crippen molar-refractivity contribution in [2.75, 3.05) is 6.61 Å². The van der Waals surface area contributed by atoms with Gasteiger partial charge in [0.2, 0.25) is 0 Å². The molecule has 0 heterocycles. The third kappa shape index (κ3) is 2.65. The summed E-state index contributed by atoms with van der Waals surface area (Å²) < 4.78 is 5.42. The molecule has 0 fully saturated rings. The van der Waals surface area contributed by atoms with Crippen LogP contribution in [0, 0.1) is 0 Å². The lowest BCUT2D eigenvalue weighted by molar-refractivity contribution is 0.352. The van der Waals surface area contributed by atoms with Gasteiger partial charge in [-0.05, 0) is 19.1 Å². The van der Waals surface area contributed by atoms with Crippen LogP contribution in [0.25, 0.3) is 0 Å². The maximum Gasteiger partial charge on any atom is 0.119 e. The molecular formula is C11H12O. The summed E-state index contributed by atoms with van der Waals surface area (Å²) in [6.45, 7) is 6.03. The Labute approximate surface area is 73.0 Å². The topological polar surface area (TPSA) is 9.23 Å². The zero-order chi connectivity index (χ0) is 8.81. The first kappa shape index (κ1) is 8.63. The standard InChI is InChI=1S/C11H12O/c1-3-10(2)9-12-11-7-5-4-6-8-11/h4-8H,1,9H2,2H3. The van der Waals surface area contributed by atoms with Crippen molar-refractivity contribution >= 4 is 0 Å². The molecule has 0 spiro atoms. The Hall–Kier alpha value is -1.46. The number of ether oxygens (including phenoxy) is 1. The van der Waals surface area contributed by atoms with Crippen LogP contribution in [0.1, 0.15) is 6.92 Å². The van der Waals surface area contributed by atoms with Crippen LogP contribution in [-0.2, 0) is 0 Å². The molecule has 0 saturated carbocycles. The largest absolute Gasteiger partial charge is 0.489 e. The van der Waals surface area contributed by atoms with E-state index in [9.17, 15) is 0 Å². The second-order valence-corrected chi connectivity index (χ2v) is 2.56. The van der Waals surface area contributed by atoms with E-state index in [1.165, 1.54) is 0 Å². The highest BCUT2D eigenvalue weighted by atomic mass is 16.5. The monoisotopic (exact) mass is 160 g/mol. The van der Waals surface area contributed by atoms with Crippen LogP contribution < -0.4 is 4.74 Å². The molecular weight excluding hydrogens is 148 g/mol. The van der Waals surface area contributed by atoms with Crippen molar-refractivity contribution in [2.24, 2.45) is 0 Å². The zero-order valence-corrected chi connectivity index (χ0v) is 7.21. The molecule has 12 heavy (non-hydrogen) atoms. The molecule has 0 unspecified atom stereocenters. The van der Waals surface area contributed by atoms with Crippen molar-refractivity contribution < 1.29 is 4.74 Å². The van der Waals surface area contributed by atoms with E-state index in [0.29, 0.717) is 6.61 Å². The van der Waals surface area contributed by atoms with Crippen LogP contribution in [0.5, 0.6) is 5.75 Å². The second kappa shape index (κ2) is 4.42. The van der Waals surface area contributed by atoms with Crippen molar-refractivity contribution in [3.8, 4) is 5.75 Å². The lowest BCUT2D eigenvalue weighted by Crippen LogP contribution is -1.96. The summed E-state index contributed by atoms with van der Waals surface area (Å²) in [6.07, 6.45) is 0. The summed E-state index contributed by atoms with van der Waals surface area (Å²) in [7, 11) is 0. The quantitative estimate of drug-likeness (QED) is 0.618. The molecule has 1 rings (SSSR count). The minimum Gasteiger partial charge on any atom is -0.489 e. The molecule has 0 amide bonds. The van der Waals surface area contributed by atoms with Gasteiger partial charge in [-0.1, -0.05) is 24.8 Å². The van der Waals surface area contributed by atoms with Gasteiger partial charge in [0.25, 0.3) is 0 Å². The zero-order valence-electron chi connectivity index (χ0n) is 7.21. The van der Waals surface area contributed by atoms with Crippen LogP contribution in [0.2, 0.25) is 0 Å². The van der Waals surface area contributed by atoms with Gasteiger partial charge >= 0.3 is 0 Å². The molecule has 0 aliphatic carbocycles. The van der Waals surface area contributed by atoms with Gasteiger partial charge in [0, 0.05) is 5.57 Å². The molecule has 0 saturated heterocycles. The average Bonchev–Trinajstić information content (AvgIpc) is 2.16. The number of hydrogen-bond donors (Lipinski definition) is 0. The normalized spacial score (nSPS) is 8.75. The highest BCUT2D eigenvalue weighted by molar-refractivity contribution is 5.21. The van der Waals surface area contributed by atoms with Crippen LogP contribution in [0.4, 0.5) is 0 Å². The van der Waals surface area contributed by atoms with E-state index in [0.717, 1.165) is 11.3 Å². The van der Waals surface area contributed by atoms with Gasteiger partial charge in [-0.15, -0.1) is 5.73 Å². The van der Waals surface area contributed by atoms with E-state index in [4.69, 9.17) is 4.74 Å². The molecule has 0 radical (unpaired) electrons. The average molecular weight is 160 g/mol. The van der Waals surface area contributed by atoms with Gasteiger partial charge in [-0.25, -0.2) is 0 Å². The SMILES string of the molecule is C=C=C(C)COc1ccccc1. The van der Waals surface area contributed by atoms with Crippen molar-refractivity contribution in [3.05, 3.63) is 48.2 Å². The minimum atomic E-state index is 0.563. The van der Waals surface area contributed by atoms with Crippen molar-refractivity contribution in [1.29, 1.82) is 0 Å². The molecule has 0 aliphatic rings. The maximum atomic E-state index is 5.42. The van der Waals surface area contributed by atoms with Crippen LogP contribution in [0.3, 0.4) is 0 Å². The summed E-state index contributed by atoms with van der Waals surface area (Å²) in [5.41, 5.74) is 3.79. The molecule has 1 heteroatoms. The first-order valence-corrected chi connectivity index (χ1v) is 3.86. The molecule has 0 atom stereocenters. The fourth-order valence-electron chi connectivity index (χ4n) is 0.759. The van der Waals surface area contributed by atoms with Crippen molar-refractivity contribution in [1.82, 2.24) is 0 Å². The first-order chi connectivity index (χ1) is 5.83. The van der Waals surface area contributed by atoms with E-state index < -0.39 is 0 Å². The molecule has 0 aromatic heterocycles. The van der Waals surface area contributed by atoms with Crippen LogP contribution in [0.15, 0.2) is 48.2 Å². The smallest absolute Gasteiger partial charge is 0.119 e. The molecule has 62 valence electrons. The summed E-state index contributed by atoms with van der Waals surface area (Å²) in [5, 5.41) is 0. The minimum absolute atomic E-state index is 0.563. The van der Waals surface area contributed by atoms with Gasteiger partial charge in [-0.3, -0.25) is 0 Å². The number of rotatable bonds is 3. The van der Waals surface area contributed by atoms with Crippen LogP contribution in [-0.4, -0.2) is 6.61 Å². The highest BCUT2D eigenvalue weighted by Crippen LogP contribution is 2.08. The first-order valence-electron chi connectivity index (χ1n) is 3.86. The predicted octanol–water partition coefficient (Wildman–Crippen LogP) is 2.80. The Kier molecular flexibility index (Phi) is 3.18. The summed E-state index contributed by atoms with van der Waals surface area (Å²) >= 11 is 0. The predicted molar refractivity (Wildman–Crippen MR) is 50.3 cm³/mol. The lowest BCUT2D eigenvalue weighted by Gasteiger charge is -2.03. The van der Waals surface area contributed by atoms with Gasteiger partial charge < -0.3 is 4.74 Å². The van der Waals surface area contributed by atoms with Gasteiger partial charge in [0.15, 0.2) is 0 Å². The fourth-order valence-corrected chi connectivity index (χ4v) is 0.759. The summed E-state index contributed by atoms with van der Waals surface area (Å²) in [4.78, 5) is 0. The Morgan fingerprint density at radius 3 is 2.67 bits per heavy atom. The number of benzene rings is 1. The van der Waals surface area contributed by atoms with Crippen molar-refractivity contribution in [3.63, 3.8) is 0 Å². The van der Waals surface area contributed by atoms with Gasteiger partial charge in [-0.2, -0.15) is 0 Å². The van der Waals surface area contributed by atoms with E-state index in [2.05, 4.69) is 12.3 Å². The van der Waals surface area contributed by atoms with E-state index >= 15 is 0 Å². The number of para-hydroxylation sites is 1. The molecule has 1 aromatic rings. The molecule has 0 bridgehead atoms.